The van der Waals surface area contributed by atoms with Crippen LogP contribution in [0.2, 0.25) is 0 Å². The van der Waals surface area contributed by atoms with E-state index in [1.807, 2.05) is 36.4 Å². The van der Waals surface area contributed by atoms with Crippen LogP contribution in [0.5, 0.6) is 0 Å². The van der Waals surface area contributed by atoms with Crippen molar-refractivity contribution in [2.24, 2.45) is 0 Å². The van der Waals surface area contributed by atoms with Gasteiger partial charge in [0.25, 0.3) is 0 Å². The van der Waals surface area contributed by atoms with Crippen LogP contribution in [0.4, 0.5) is 0 Å². The van der Waals surface area contributed by atoms with E-state index in [1.54, 1.807) is 5.56 Å². The molecule has 1 fully saturated rings. The first kappa shape index (κ1) is 71.2. The number of rotatable bonds is 4. The zero-order valence-electron chi connectivity index (χ0n) is 57.1. The van der Waals surface area contributed by atoms with Crippen molar-refractivity contribution in [3.05, 3.63) is 356 Å². The molecule has 0 N–H and O–H groups in total. The summed E-state index contributed by atoms with van der Waals surface area (Å²) < 4.78 is 0. The standard InChI is InChI=1S/C13H12.C13H18.2C13H12.C11H16.C10H14.C9H12.C7H8/c1-11-7-5-6-10-13(11)12-8-3-2-4-9-12;2*1-11-6-5-9-13(10-11)12-7-3-2-4-8-12;1-11-7-9-13(10-8-11)12-5-3-2-4-6-12;1-9-5-7-10(8-6-9)11(2,3)4;1-7-5-8(2)10(4)9(3)6-7;1-7-4-5-8(2)9(3)6-7;1-7-5-3-2-4-6-7/h2-10H,1H3;5-6,9-10,12H,2-4,7-8H2,1H3;2*2-10H,1H3;5-8H,1-4H3;5-6H,1-4H3;4-6H,1-3H3;2-6H,1H3. The zero-order valence-corrected chi connectivity index (χ0v) is 57.1. The molecular formula is C89H104. The van der Waals surface area contributed by atoms with Crippen LogP contribution in [-0.2, 0) is 5.41 Å². The second-order valence-electron chi connectivity index (χ2n) is 25.3. The molecule has 1 aliphatic rings. The summed E-state index contributed by atoms with van der Waals surface area (Å²) in [6, 6.07) is 95.9. The van der Waals surface area contributed by atoms with E-state index in [-0.39, 0.29) is 5.41 Å². The highest BCUT2D eigenvalue weighted by Gasteiger charge is 2.15. The van der Waals surface area contributed by atoms with Crippen LogP contribution in [-0.4, -0.2) is 0 Å². The number of aryl methyl sites for hydroxylation is 12. The minimum absolute atomic E-state index is 0.285. The van der Waals surface area contributed by atoms with Gasteiger partial charge in [0.1, 0.15) is 0 Å². The summed E-state index contributed by atoms with van der Waals surface area (Å²) in [7, 11) is 0. The van der Waals surface area contributed by atoms with Gasteiger partial charge in [-0.15, -0.1) is 0 Å². The van der Waals surface area contributed by atoms with Crippen molar-refractivity contribution in [3.63, 3.8) is 0 Å². The summed E-state index contributed by atoms with van der Waals surface area (Å²) in [4.78, 5) is 0. The highest BCUT2D eigenvalue weighted by Crippen LogP contribution is 2.33. The molecule has 12 rings (SSSR count). The van der Waals surface area contributed by atoms with Crippen molar-refractivity contribution < 1.29 is 0 Å². The molecule has 1 aliphatic carbocycles. The first-order valence-corrected chi connectivity index (χ1v) is 32.3. The molecule has 0 bridgehead atoms. The zero-order chi connectivity index (χ0) is 64.6. The van der Waals surface area contributed by atoms with E-state index in [0.717, 1.165) is 5.92 Å². The first-order valence-electron chi connectivity index (χ1n) is 32.3. The maximum Gasteiger partial charge on any atom is -0.0132 e. The van der Waals surface area contributed by atoms with Crippen LogP contribution >= 0.6 is 0 Å². The lowest BCUT2D eigenvalue weighted by molar-refractivity contribution is 0.443. The van der Waals surface area contributed by atoms with Gasteiger partial charge < -0.3 is 0 Å². The molecule has 0 atom stereocenters. The highest BCUT2D eigenvalue weighted by atomic mass is 14.2. The topological polar surface area (TPSA) is 0 Å². The summed E-state index contributed by atoms with van der Waals surface area (Å²) in [5.74, 6) is 0.855. The fourth-order valence-electron chi connectivity index (χ4n) is 10.4. The molecule has 0 nitrogen and oxygen atoms in total. The Hall–Kier alpha value is -8.58. The molecule has 11 aromatic rings. The van der Waals surface area contributed by atoms with Crippen molar-refractivity contribution in [3.8, 4) is 33.4 Å². The molecule has 0 saturated heterocycles. The molecule has 460 valence electrons. The lowest BCUT2D eigenvalue weighted by atomic mass is 9.84. The van der Waals surface area contributed by atoms with Gasteiger partial charge in [-0.2, -0.15) is 0 Å². The summed E-state index contributed by atoms with van der Waals surface area (Å²) in [6.07, 6.45) is 7.12. The van der Waals surface area contributed by atoms with E-state index in [1.165, 1.54) is 143 Å². The quantitative estimate of drug-likeness (QED) is 0.165. The maximum absolute atomic E-state index is 2.36. The van der Waals surface area contributed by atoms with Gasteiger partial charge >= 0.3 is 0 Å². The van der Waals surface area contributed by atoms with E-state index in [4.69, 9.17) is 0 Å². The van der Waals surface area contributed by atoms with Crippen molar-refractivity contribution >= 4 is 0 Å². The lowest BCUT2D eigenvalue weighted by Crippen LogP contribution is -2.10. The fraction of sp³-hybridized carbons (Fsp3) is 0.258. The van der Waals surface area contributed by atoms with E-state index in [0.29, 0.717) is 0 Å². The molecular weight excluding hydrogens is 1070 g/mol. The Morgan fingerprint density at radius 2 is 0.629 bits per heavy atom. The van der Waals surface area contributed by atoms with Gasteiger partial charge in [-0.3, -0.25) is 0 Å². The highest BCUT2D eigenvalue weighted by molar-refractivity contribution is 5.67. The van der Waals surface area contributed by atoms with E-state index >= 15 is 0 Å². The summed E-state index contributed by atoms with van der Waals surface area (Å²) in [6.45, 7) is 34.5. The van der Waals surface area contributed by atoms with Gasteiger partial charge in [-0.25, -0.2) is 0 Å². The monoisotopic (exact) mass is 1170 g/mol. The average molecular weight is 1170 g/mol. The SMILES string of the molecule is Cc1cc(C)c(C)c(C)c1.Cc1ccc(-c2ccccc2)cc1.Cc1ccc(C(C)(C)C)cc1.Cc1ccc(C)c(C)c1.Cc1cccc(-c2ccccc2)c1.Cc1cccc(C2CCCCC2)c1.Cc1ccccc1.Cc1ccccc1-c1ccccc1. The third kappa shape index (κ3) is 26.7. The van der Waals surface area contributed by atoms with Gasteiger partial charge in [0.2, 0.25) is 0 Å². The Labute approximate surface area is 540 Å². The Kier molecular flexibility index (Phi) is 30.4. The van der Waals surface area contributed by atoms with E-state index in [9.17, 15) is 0 Å². The first-order chi connectivity index (χ1) is 42.7. The van der Waals surface area contributed by atoms with Crippen molar-refractivity contribution in [1.29, 1.82) is 0 Å². The van der Waals surface area contributed by atoms with Gasteiger partial charge in [0.05, 0.1) is 0 Å². The molecule has 89 heavy (non-hydrogen) atoms. The molecule has 0 heteroatoms. The molecule has 0 aromatic heterocycles. The smallest absolute Gasteiger partial charge is 0.0132 e. The third-order valence-corrected chi connectivity index (χ3v) is 16.2. The minimum atomic E-state index is 0.285. The van der Waals surface area contributed by atoms with Crippen LogP contribution in [0.15, 0.2) is 273 Å². The van der Waals surface area contributed by atoms with E-state index < -0.39 is 0 Å². The Morgan fingerprint density at radius 3 is 1.09 bits per heavy atom. The van der Waals surface area contributed by atoms with Gasteiger partial charge in [-0.05, 0) is 192 Å². The van der Waals surface area contributed by atoms with Crippen LogP contribution in [0.1, 0.15) is 142 Å². The molecule has 1 saturated carbocycles. The second-order valence-corrected chi connectivity index (χ2v) is 25.3. The predicted octanol–water partition coefficient (Wildman–Crippen LogP) is 25.8. The number of hydrogen-bond acceptors (Lipinski definition) is 0. The summed E-state index contributed by atoms with van der Waals surface area (Å²) >= 11 is 0. The Bertz CT molecular complexity index is 3680. The van der Waals surface area contributed by atoms with E-state index in [2.05, 4.69) is 347 Å². The fourth-order valence-corrected chi connectivity index (χ4v) is 10.4. The largest absolute Gasteiger partial charge is 0.0622 e. The average Bonchev–Trinajstić information content (AvgIpc) is 3.69. The van der Waals surface area contributed by atoms with Crippen molar-refractivity contribution in [2.75, 3.05) is 0 Å². The Morgan fingerprint density at radius 1 is 0.247 bits per heavy atom. The van der Waals surface area contributed by atoms with Crippen LogP contribution in [0, 0.1) is 90.0 Å². The molecule has 0 radical (unpaired) electrons. The normalized spacial score (nSPS) is 11.3. The minimum Gasteiger partial charge on any atom is -0.0622 e. The van der Waals surface area contributed by atoms with Crippen LogP contribution in [0.3, 0.4) is 0 Å². The predicted molar refractivity (Wildman–Crippen MR) is 394 cm³/mol. The maximum atomic E-state index is 2.36. The van der Waals surface area contributed by atoms with Crippen LogP contribution < -0.4 is 0 Å². The molecule has 0 spiro atoms. The molecule has 0 aliphatic heterocycles. The van der Waals surface area contributed by atoms with Gasteiger partial charge in [-0.1, -0.05) is 352 Å². The summed E-state index contributed by atoms with van der Waals surface area (Å²) in [5.41, 5.74) is 28.7. The van der Waals surface area contributed by atoms with Gasteiger partial charge in [0, 0.05) is 0 Å². The van der Waals surface area contributed by atoms with Crippen molar-refractivity contribution in [1.82, 2.24) is 0 Å². The van der Waals surface area contributed by atoms with Crippen molar-refractivity contribution in [2.45, 2.75) is 154 Å². The third-order valence-electron chi connectivity index (χ3n) is 16.2. The molecule has 0 unspecified atom stereocenters. The van der Waals surface area contributed by atoms with Crippen LogP contribution in [0.25, 0.3) is 33.4 Å². The number of benzene rings is 11. The molecule has 0 heterocycles. The van der Waals surface area contributed by atoms with Gasteiger partial charge in [0.15, 0.2) is 0 Å². The lowest BCUT2D eigenvalue weighted by Gasteiger charge is -2.22. The number of hydrogen-bond donors (Lipinski definition) is 0. The Balaban J connectivity index is 0.000000186. The second kappa shape index (κ2) is 38.0. The molecule has 11 aromatic carbocycles. The summed E-state index contributed by atoms with van der Waals surface area (Å²) in [5, 5.41) is 0. The molecule has 0 amide bonds.